The predicted molar refractivity (Wildman–Crippen MR) is 130 cm³/mol. The Hall–Kier alpha value is -3.52. The molecule has 1 saturated carbocycles. The quantitative estimate of drug-likeness (QED) is 0.439. The number of anilines is 1. The van der Waals surface area contributed by atoms with Gasteiger partial charge in [-0.1, -0.05) is 30.5 Å². The molecule has 0 radical (unpaired) electrons. The Bertz CT molecular complexity index is 1190. The fourth-order valence-corrected chi connectivity index (χ4v) is 4.50. The van der Waals surface area contributed by atoms with Crippen molar-refractivity contribution in [3.05, 3.63) is 77.0 Å². The summed E-state index contributed by atoms with van der Waals surface area (Å²) in [5, 5.41) is 2.90. The van der Waals surface area contributed by atoms with Crippen LogP contribution < -0.4 is 19.7 Å². The Morgan fingerprint density at radius 1 is 1.09 bits per heavy atom. The monoisotopic (exact) mass is 500 g/mol. The van der Waals surface area contributed by atoms with E-state index in [0.29, 0.717) is 17.1 Å². The number of carbonyl (C=O) groups is 2. The summed E-state index contributed by atoms with van der Waals surface area (Å²) in [7, 11) is 3.00. The number of benzene rings is 2. The van der Waals surface area contributed by atoms with Gasteiger partial charge in [0, 0.05) is 11.7 Å². The molecule has 184 valence electrons. The van der Waals surface area contributed by atoms with Gasteiger partial charge in [-0.2, -0.15) is 0 Å². The summed E-state index contributed by atoms with van der Waals surface area (Å²) in [5.74, 6) is -0.724. The van der Waals surface area contributed by atoms with Gasteiger partial charge < -0.3 is 19.2 Å². The van der Waals surface area contributed by atoms with Crippen molar-refractivity contribution < 1.29 is 27.9 Å². The molecule has 2 aromatic carbocycles. The number of methoxy groups -OCH3 is 2. The summed E-state index contributed by atoms with van der Waals surface area (Å²) in [5.41, 5.74) is 0.706. The Morgan fingerprint density at radius 3 is 2.46 bits per heavy atom. The zero-order valence-electron chi connectivity index (χ0n) is 19.4. The Balaban J connectivity index is 1.86. The summed E-state index contributed by atoms with van der Waals surface area (Å²) in [6.45, 7) is 0. The molecule has 35 heavy (non-hydrogen) atoms. The van der Waals surface area contributed by atoms with E-state index in [-0.39, 0.29) is 28.4 Å². The van der Waals surface area contributed by atoms with Crippen LogP contribution in [0.15, 0.2) is 59.2 Å². The van der Waals surface area contributed by atoms with Crippen LogP contribution in [-0.2, 0) is 4.79 Å². The Morgan fingerprint density at radius 2 is 1.83 bits per heavy atom. The van der Waals surface area contributed by atoms with Crippen LogP contribution in [0.4, 0.5) is 10.1 Å². The fraction of sp³-hybridized carbons (Fsp3) is 0.308. The first-order valence-corrected chi connectivity index (χ1v) is 11.6. The van der Waals surface area contributed by atoms with Gasteiger partial charge in [0.1, 0.15) is 11.9 Å². The number of hydrogen-bond acceptors (Lipinski definition) is 5. The van der Waals surface area contributed by atoms with E-state index in [1.54, 1.807) is 24.3 Å². The largest absolute Gasteiger partial charge is 0.493 e. The minimum atomic E-state index is -1.13. The van der Waals surface area contributed by atoms with E-state index in [1.165, 1.54) is 43.6 Å². The van der Waals surface area contributed by atoms with E-state index in [2.05, 4.69) is 5.32 Å². The number of nitrogens with one attached hydrogen (secondary N) is 1. The van der Waals surface area contributed by atoms with Crippen LogP contribution >= 0.6 is 11.6 Å². The topological polar surface area (TPSA) is 81.0 Å². The van der Waals surface area contributed by atoms with Crippen molar-refractivity contribution in [3.8, 4) is 11.5 Å². The predicted octanol–water partition coefficient (Wildman–Crippen LogP) is 5.54. The lowest BCUT2D eigenvalue weighted by Gasteiger charge is -2.32. The second-order valence-electron chi connectivity index (χ2n) is 8.26. The van der Waals surface area contributed by atoms with Gasteiger partial charge in [-0.3, -0.25) is 14.5 Å². The summed E-state index contributed by atoms with van der Waals surface area (Å²) in [6, 6.07) is 10.8. The first kappa shape index (κ1) is 24.6. The fourth-order valence-electron chi connectivity index (χ4n) is 4.33. The van der Waals surface area contributed by atoms with Crippen LogP contribution in [-0.4, -0.2) is 32.1 Å². The second kappa shape index (κ2) is 10.8. The number of rotatable bonds is 8. The van der Waals surface area contributed by atoms with Crippen molar-refractivity contribution in [2.45, 2.75) is 37.8 Å². The van der Waals surface area contributed by atoms with Crippen LogP contribution in [0.5, 0.6) is 11.5 Å². The molecular formula is C26H26ClFN2O5. The minimum absolute atomic E-state index is 0.00233. The molecule has 1 aromatic heterocycles. The Kier molecular flexibility index (Phi) is 7.60. The van der Waals surface area contributed by atoms with Crippen molar-refractivity contribution in [3.63, 3.8) is 0 Å². The number of furan rings is 1. The smallest absolute Gasteiger partial charge is 0.294 e. The SMILES string of the molecule is COc1ccc([C@@H](C(=O)NC2CCCC2)N(C(=O)c2ccco2)c2ccc(F)c(Cl)c2)cc1OC. The molecule has 2 amide bonds. The van der Waals surface area contributed by atoms with E-state index in [9.17, 15) is 14.0 Å². The summed E-state index contributed by atoms with van der Waals surface area (Å²) in [4.78, 5) is 28.7. The highest BCUT2D eigenvalue weighted by atomic mass is 35.5. The average molecular weight is 501 g/mol. The highest BCUT2D eigenvalue weighted by Crippen LogP contribution is 2.36. The summed E-state index contributed by atoms with van der Waals surface area (Å²) in [6.07, 6.45) is 5.13. The van der Waals surface area contributed by atoms with Crippen molar-refractivity contribution in [1.29, 1.82) is 0 Å². The molecule has 1 aliphatic carbocycles. The van der Waals surface area contributed by atoms with Gasteiger partial charge in [0.05, 0.1) is 25.5 Å². The molecule has 0 aliphatic heterocycles. The van der Waals surface area contributed by atoms with Gasteiger partial charge in [-0.05, 0) is 60.9 Å². The minimum Gasteiger partial charge on any atom is -0.493 e. The molecular weight excluding hydrogens is 475 g/mol. The lowest BCUT2D eigenvalue weighted by molar-refractivity contribution is -0.123. The number of carbonyl (C=O) groups excluding carboxylic acids is 2. The standard InChI is InChI=1S/C26H26ClFN2O5/c1-33-21-12-9-16(14-23(21)34-2)24(25(31)29-17-6-3-4-7-17)30(26(32)22-8-5-13-35-22)18-10-11-20(28)19(27)15-18/h5,8-15,17,24H,3-4,6-7H2,1-2H3,(H,29,31)/t24-/m0/s1. The van der Waals surface area contributed by atoms with Crippen LogP contribution in [0.3, 0.4) is 0 Å². The van der Waals surface area contributed by atoms with Crippen molar-refractivity contribution in [2.24, 2.45) is 0 Å². The summed E-state index contributed by atoms with van der Waals surface area (Å²) < 4.78 is 30.1. The van der Waals surface area contributed by atoms with Gasteiger partial charge >= 0.3 is 0 Å². The lowest BCUT2D eigenvalue weighted by Crippen LogP contribution is -2.46. The number of hydrogen-bond donors (Lipinski definition) is 1. The number of ether oxygens (including phenoxy) is 2. The molecule has 4 rings (SSSR count). The molecule has 0 spiro atoms. The molecule has 1 atom stereocenters. The molecule has 0 saturated heterocycles. The second-order valence-corrected chi connectivity index (χ2v) is 8.66. The highest BCUT2D eigenvalue weighted by Gasteiger charge is 2.36. The molecule has 1 aliphatic rings. The van der Waals surface area contributed by atoms with Crippen molar-refractivity contribution in [2.75, 3.05) is 19.1 Å². The number of halogens is 2. The zero-order valence-corrected chi connectivity index (χ0v) is 20.2. The molecule has 3 aromatic rings. The maximum Gasteiger partial charge on any atom is 0.294 e. The third kappa shape index (κ3) is 5.27. The third-order valence-electron chi connectivity index (χ3n) is 6.06. The maximum atomic E-state index is 14.0. The van der Waals surface area contributed by atoms with Gasteiger partial charge in [-0.15, -0.1) is 0 Å². The van der Waals surface area contributed by atoms with Crippen LogP contribution in [0.25, 0.3) is 0 Å². The average Bonchev–Trinajstić information content (AvgIpc) is 3.58. The molecule has 7 nitrogen and oxygen atoms in total. The van der Waals surface area contributed by atoms with E-state index < -0.39 is 17.8 Å². The molecule has 9 heteroatoms. The van der Waals surface area contributed by atoms with E-state index in [4.69, 9.17) is 25.5 Å². The normalized spacial score (nSPS) is 14.4. The highest BCUT2D eigenvalue weighted by molar-refractivity contribution is 6.31. The maximum absolute atomic E-state index is 14.0. The van der Waals surface area contributed by atoms with Gasteiger partial charge in [0.2, 0.25) is 5.91 Å². The molecule has 1 N–H and O–H groups in total. The van der Waals surface area contributed by atoms with Crippen LogP contribution in [0, 0.1) is 5.82 Å². The first-order valence-electron chi connectivity index (χ1n) is 11.3. The Labute approximate surface area is 207 Å². The van der Waals surface area contributed by atoms with Gasteiger partial charge in [0.25, 0.3) is 5.91 Å². The molecule has 0 bridgehead atoms. The zero-order chi connectivity index (χ0) is 24.9. The number of amides is 2. The van der Waals surface area contributed by atoms with E-state index >= 15 is 0 Å². The lowest BCUT2D eigenvalue weighted by atomic mass is 10.0. The van der Waals surface area contributed by atoms with Crippen LogP contribution in [0.1, 0.15) is 47.8 Å². The molecule has 1 fully saturated rings. The van der Waals surface area contributed by atoms with Crippen LogP contribution in [0.2, 0.25) is 5.02 Å². The van der Waals surface area contributed by atoms with E-state index in [0.717, 1.165) is 31.7 Å². The van der Waals surface area contributed by atoms with Crippen molar-refractivity contribution in [1.82, 2.24) is 5.32 Å². The molecule has 1 heterocycles. The van der Waals surface area contributed by atoms with E-state index in [1.807, 2.05) is 0 Å². The number of nitrogens with zero attached hydrogens (tertiary/aromatic N) is 1. The third-order valence-corrected chi connectivity index (χ3v) is 6.35. The molecule has 0 unspecified atom stereocenters. The summed E-state index contributed by atoms with van der Waals surface area (Å²) >= 11 is 6.07. The van der Waals surface area contributed by atoms with Gasteiger partial charge in [-0.25, -0.2) is 4.39 Å². The van der Waals surface area contributed by atoms with Crippen molar-refractivity contribution >= 4 is 29.1 Å². The first-order chi connectivity index (χ1) is 16.9. The van der Waals surface area contributed by atoms with Gasteiger partial charge in [0.15, 0.2) is 17.3 Å².